The summed E-state index contributed by atoms with van der Waals surface area (Å²) in [7, 11) is -3.58. The third-order valence-corrected chi connectivity index (χ3v) is 12.8. The number of carboxylic acids is 1. The molecule has 0 aliphatic carbocycles. The number of anilines is 5. The van der Waals surface area contributed by atoms with Gasteiger partial charge in [-0.2, -0.15) is 10.2 Å². The number of sulfonamides is 1. The van der Waals surface area contributed by atoms with Crippen molar-refractivity contribution in [1.82, 2.24) is 44.7 Å². The van der Waals surface area contributed by atoms with E-state index < -0.39 is 27.1 Å². The first-order valence-corrected chi connectivity index (χ1v) is 26.8. The van der Waals surface area contributed by atoms with Crippen LogP contribution < -0.4 is 37.5 Å². The van der Waals surface area contributed by atoms with Crippen LogP contribution in [0.4, 0.5) is 28.6 Å². The highest BCUT2D eigenvalue weighted by Crippen LogP contribution is 2.35. The Morgan fingerprint density at radius 1 is 0.847 bits per heavy atom. The number of piperidine rings is 2. The van der Waals surface area contributed by atoms with Crippen LogP contribution in [0, 0.1) is 13.8 Å². The second-order valence-corrected chi connectivity index (χ2v) is 20.7. The first kappa shape index (κ1) is 55.1. The van der Waals surface area contributed by atoms with E-state index in [0.29, 0.717) is 47.9 Å². The van der Waals surface area contributed by atoms with Crippen LogP contribution in [-0.4, -0.2) is 142 Å². The fourth-order valence-corrected chi connectivity index (χ4v) is 8.82. The van der Waals surface area contributed by atoms with Gasteiger partial charge in [0.05, 0.1) is 58.7 Å². The molecule has 6 aromatic rings. The third-order valence-electron chi connectivity index (χ3n) is 11.8. The molecule has 0 radical (unpaired) electrons. The topological polar surface area (TPSA) is 350 Å². The number of carboxylic acid groups (broad SMARTS) is 1. The molecule has 23 nitrogen and oxygen atoms in total. The molecule has 0 spiro atoms. The number of hydrogen-bond acceptors (Lipinski definition) is 18. The number of nitrogens with one attached hydrogen (secondary N) is 3. The number of aromatic carboxylic acids is 1. The van der Waals surface area contributed by atoms with Gasteiger partial charge in [-0.15, -0.1) is 0 Å². The molecule has 1 unspecified atom stereocenters. The molecule has 4 saturated heterocycles. The number of aliphatic hydroxyl groups excluding tert-OH is 2. The Bertz CT molecular complexity index is 2950. The van der Waals surface area contributed by atoms with Crippen LogP contribution in [0.5, 0.6) is 0 Å². The molecule has 3 atom stereocenters. The number of nitrogens with zero attached hydrogens (tertiary/aromatic N) is 8. The molecule has 8 heterocycles. The molecule has 2 aromatic carbocycles. The van der Waals surface area contributed by atoms with Crippen LogP contribution in [0.1, 0.15) is 93.8 Å². The van der Waals surface area contributed by atoms with Gasteiger partial charge in [0.1, 0.15) is 11.0 Å². The summed E-state index contributed by atoms with van der Waals surface area (Å²) in [6, 6.07) is 12.9. The molecule has 0 saturated carbocycles. The van der Waals surface area contributed by atoms with Gasteiger partial charge in [-0.25, -0.2) is 32.2 Å². The normalized spacial score (nSPS) is 18.3. The number of amides is 1. The van der Waals surface area contributed by atoms with Crippen LogP contribution in [-0.2, 0) is 21.1 Å². The Hall–Kier alpha value is -6.19. The molecule has 0 bridgehead atoms. The number of β-amino-alcohol motifs (C(OH)–C–C–N with tert-alkyl or cyclic N) is 2. The zero-order valence-corrected chi connectivity index (χ0v) is 42.8. The minimum atomic E-state index is -3.58. The third kappa shape index (κ3) is 14.9. The minimum Gasteiger partial charge on any atom is -0.773 e. The second-order valence-electron chi connectivity index (χ2n) is 17.8. The monoisotopic (exact) mass is 1050 g/mol. The van der Waals surface area contributed by atoms with Crippen molar-refractivity contribution >= 4 is 84.4 Å². The van der Waals surface area contributed by atoms with Gasteiger partial charge < -0.3 is 57.5 Å². The van der Waals surface area contributed by atoms with E-state index in [4.69, 9.17) is 57.9 Å². The summed E-state index contributed by atoms with van der Waals surface area (Å²) in [5.41, 5.74) is 23.3. The second kappa shape index (κ2) is 24.5. The van der Waals surface area contributed by atoms with Gasteiger partial charge in [0.2, 0.25) is 10.0 Å². The molecule has 390 valence electrons. The SMILES string of the molecule is CS(=O)[O-].Cc1cn2nc([C@@H]3CCCCN3)cc2nc1Cl.Cc1cn2nc([C@@H]3CCCCN3C(=O)c3cc(N)ccc3NS(C)(=O)=O)cc2nc1N1CC(O)C1.Nc1ccc(N)c(C(=O)O)c1.OC1CNC1. The van der Waals surface area contributed by atoms with Gasteiger partial charge >= 0.3 is 5.97 Å². The molecule has 4 aliphatic heterocycles. The van der Waals surface area contributed by atoms with E-state index in [-0.39, 0.29) is 46.7 Å². The number of likely N-dealkylation sites (tertiary alicyclic amines) is 1. The highest BCUT2D eigenvalue weighted by Gasteiger charge is 2.33. The molecule has 4 aromatic heterocycles. The van der Waals surface area contributed by atoms with E-state index in [1.807, 2.05) is 47.8 Å². The summed E-state index contributed by atoms with van der Waals surface area (Å²) in [6.45, 7) is 8.19. The number of carbonyl (C=O) groups excluding carboxylic acids is 1. The summed E-state index contributed by atoms with van der Waals surface area (Å²) in [4.78, 5) is 37.0. The Morgan fingerprint density at radius 2 is 1.43 bits per heavy atom. The smallest absolute Gasteiger partial charge is 0.337 e. The van der Waals surface area contributed by atoms with Crippen molar-refractivity contribution < 1.29 is 42.1 Å². The highest BCUT2D eigenvalue weighted by atomic mass is 35.5. The summed E-state index contributed by atoms with van der Waals surface area (Å²) < 4.78 is 47.7. The van der Waals surface area contributed by atoms with Gasteiger partial charge in [0.15, 0.2) is 11.3 Å². The molecule has 4 aliphatic rings. The average molecular weight is 1050 g/mol. The molecular formula is C46H62ClN14O9S2-. The van der Waals surface area contributed by atoms with Crippen LogP contribution in [0.25, 0.3) is 11.3 Å². The van der Waals surface area contributed by atoms with Crippen LogP contribution in [0.15, 0.2) is 60.9 Å². The number of aliphatic hydroxyl groups is 2. The number of benzene rings is 2. The van der Waals surface area contributed by atoms with Crippen molar-refractivity contribution in [3.63, 3.8) is 0 Å². The summed E-state index contributed by atoms with van der Waals surface area (Å²) in [5, 5.41) is 42.9. The highest BCUT2D eigenvalue weighted by molar-refractivity contribution is 7.92. The number of fused-ring (bicyclic) bond motifs is 2. The standard InChI is InChI=1S/C23H29N7O4S.C12H15ClN4.C7H8N2O2.C3H7NO.CH4O2S/c1-14-11-30-21(25-22(14)28-12-16(31)13-28)10-19(26-30)20-5-3-4-8-29(20)23(32)17-9-15(24)6-7-18(17)27-35(2,33)34;1-8-7-17-11(15-12(8)13)6-10(16-17)9-4-2-3-5-14-9;8-4-1-2-6(9)5(3-4)7(10)11;5-3-1-4-2-3;1-4(2)3/h6-7,9-11,16,20,27,31H,3-5,8,12-13,24H2,1-2H3;6-7,9,14H,2-5H2,1H3;1-3H,8-9H2,(H,10,11);3-5H,1-2H2;1H3,(H,2,3)/p-1/t20-;9-;;;/m00.../s1. The molecule has 72 heavy (non-hydrogen) atoms. The molecule has 1 amide bonds. The van der Waals surface area contributed by atoms with Crippen molar-refractivity contribution in [2.45, 2.75) is 76.7 Å². The molecule has 4 fully saturated rings. The summed E-state index contributed by atoms with van der Waals surface area (Å²) >= 11 is 4.15. The first-order chi connectivity index (χ1) is 34.1. The number of rotatable bonds is 7. The largest absolute Gasteiger partial charge is 0.773 e. The maximum Gasteiger partial charge on any atom is 0.337 e. The number of nitrogens with two attached hydrogens (primary N) is 3. The lowest BCUT2D eigenvalue weighted by Gasteiger charge is -2.37. The van der Waals surface area contributed by atoms with E-state index in [9.17, 15) is 23.1 Å². The Labute approximate surface area is 424 Å². The van der Waals surface area contributed by atoms with E-state index in [0.717, 1.165) is 91.8 Å². The first-order valence-electron chi connectivity index (χ1n) is 23.1. The average Bonchev–Trinajstić information content (AvgIpc) is 3.92. The van der Waals surface area contributed by atoms with Crippen molar-refractivity contribution in [3.05, 3.63) is 99.7 Å². The van der Waals surface area contributed by atoms with Gasteiger partial charge in [-0.05, 0) is 95.2 Å². The van der Waals surface area contributed by atoms with Crippen molar-refractivity contribution in [3.8, 4) is 0 Å². The minimum absolute atomic E-state index is 0.0463. The lowest BCUT2D eigenvalue weighted by Crippen LogP contribution is -2.51. The number of aryl methyl sites for hydroxylation is 2. The zero-order valence-electron chi connectivity index (χ0n) is 40.4. The van der Waals surface area contributed by atoms with E-state index in [1.54, 1.807) is 21.5 Å². The van der Waals surface area contributed by atoms with Gasteiger partial charge in [-0.1, -0.05) is 29.1 Å². The fourth-order valence-electron chi connectivity index (χ4n) is 8.11. The van der Waals surface area contributed by atoms with Crippen molar-refractivity contribution in [2.24, 2.45) is 0 Å². The van der Waals surface area contributed by atoms with Gasteiger partial charge in [0.25, 0.3) is 5.91 Å². The van der Waals surface area contributed by atoms with Crippen LogP contribution >= 0.6 is 11.6 Å². The molecule has 10 rings (SSSR count). The Balaban J connectivity index is 0.000000187. The van der Waals surface area contributed by atoms with Crippen LogP contribution in [0.3, 0.4) is 0 Å². The lowest BCUT2D eigenvalue weighted by atomic mass is 9.97. The van der Waals surface area contributed by atoms with Crippen molar-refractivity contribution in [1.29, 1.82) is 0 Å². The number of aromatic nitrogens is 6. The predicted octanol–water partition coefficient (Wildman–Crippen LogP) is 3.04. The van der Waals surface area contributed by atoms with E-state index in [2.05, 4.69) is 25.4 Å². The summed E-state index contributed by atoms with van der Waals surface area (Å²) in [5.74, 6) is -0.540. The van der Waals surface area contributed by atoms with E-state index in [1.165, 1.54) is 37.1 Å². The lowest BCUT2D eigenvalue weighted by molar-refractivity contribution is 0.0606. The molecular weight excluding hydrogens is 992 g/mol. The maximum atomic E-state index is 13.7. The quantitative estimate of drug-likeness (QED) is 0.0630. The Morgan fingerprint density at radius 3 is 2.00 bits per heavy atom. The van der Waals surface area contributed by atoms with E-state index >= 15 is 0 Å². The Kier molecular flexibility index (Phi) is 18.7. The molecule has 12 N–H and O–H groups in total. The number of nitrogen functional groups attached to an aromatic ring is 3. The predicted molar refractivity (Wildman–Crippen MR) is 276 cm³/mol. The van der Waals surface area contributed by atoms with Gasteiger partial charge in [-0.3, -0.25) is 13.7 Å². The molecule has 26 heteroatoms. The number of hydrogen-bond donors (Lipinski definition) is 9. The number of carbonyl (C=O) groups is 2. The fraction of sp³-hybridized carbons (Fsp3) is 0.435. The van der Waals surface area contributed by atoms with Crippen LogP contribution in [0.2, 0.25) is 5.15 Å². The summed E-state index contributed by atoms with van der Waals surface area (Å²) in [6.07, 6.45) is 11.8. The maximum absolute atomic E-state index is 13.7. The van der Waals surface area contributed by atoms with Crippen molar-refractivity contribution in [2.75, 3.05) is 78.6 Å². The number of halogens is 1. The zero-order chi connectivity index (χ0) is 52.4. The van der Waals surface area contributed by atoms with Gasteiger partial charge in [0, 0.05) is 85.4 Å².